The standard InChI is InChI=1S/C16H14N2O3S/c1-21-14-8-3-7-13(11-14)18-22(19,20)15-9-2-5-12-6-4-10-17-16(12)15/h2-11,18H,1H3. The number of aromatic nitrogens is 1. The van der Waals surface area contributed by atoms with Crippen molar-refractivity contribution < 1.29 is 13.2 Å². The zero-order valence-electron chi connectivity index (χ0n) is 11.9. The number of anilines is 1. The fourth-order valence-corrected chi connectivity index (χ4v) is 3.42. The molecule has 0 unspecified atom stereocenters. The Labute approximate surface area is 128 Å². The van der Waals surface area contributed by atoms with E-state index in [9.17, 15) is 8.42 Å². The largest absolute Gasteiger partial charge is 0.497 e. The average molecular weight is 314 g/mol. The maximum absolute atomic E-state index is 12.6. The average Bonchev–Trinajstić information content (AvgIpc) is 2.54. The Hall–Kier alpha value is -2.60. The van der Waals surface area contributed by atoms with Gasteiger partial charge in [0.05, 0.1) is 18.3 Å². The Kier molecular flexibility index (Phi) is 3.68. The monoisotopic (exact) mass is 314 g/mol. The molecular formula is C16H14N2O3S. The fraction of sp³-hybridized carbons (Fsp3) is 0.0625. The van der Waals surface area contributed by atoms with Crippen molar-refractivity contribution in [1.29, 1.82) is 0 Å². The predicted molar refractivity (Wildman–Crippen MR) is 85.5 cm³/mol. The van der Waals surface area contributed by atoms with Crippen LogP contribution in [0.15, 0.2) is 65.7 Å². The third-order valence-electron chi connectivity index (χ3n) is 3.21. The number of ether oxygens (including phenoxy) is 1. The molecule has 0 radical (unpaired) electrons. The SMILES string of the molecule is COc1cccc(NS(=O)(=O)c2cccc3cccnc23)c1. The minimum absolute atomic E-state index is 0.147. The minimum Gasteiger partial charge on any atom is -0.497 e. The molecule has 0 bridgehead atoms. The van der Waals surface area contributed by atoms with Crippen molar-refractivity contribution in [2.75, 3.05) is 11.8 Å². The maximum atomic E-state index is 12.6. The van der Waals surface area contributed by atoms with E-state index in [0.29, 0.717) is 17.0 Å². The lowest BCUT2D eigenvalue weighted by atomic mass is 10.2. The van der Waals surface area contributed by atoms with Crippen molar-refractivity contribution >= 4 is 26.6 Å². The lowest BCUT2D eigenvalue weighted by Gasteiger charge is -2.10. The fourth-order valence-electron chi connectivity index (χ4n) is 2.19. The first-order valence-electron chi connectivity index (χ1n) is 6.61. The molecule has 5 nitrogen and oxygen atoms in total. The maximum Gasteiger partial charge on any atom is 0.264 e. The van der Waals surface area contributed by atoms with Gasteiger partial charge in [0, 0.05) is 17.6 Å². The number of methoxy groups -OCH3 is 1. The molecule has 0 saturated heterocycles. The quantitative estimate of drug-likeness (QED) is 0.803. The molecule has 0 saturated carbocycles. The first-order chi connectivity index (χ1) is 10.6. The van der Waals surface area contributed by atoms with Crippen LogP contribution in [-0.2, 0) is 10.0 Å². The molecule has 112 valence electrons. The highest BCUT2D eigenvalue weighted by molar-refractivity contribution is 7.93. The van der Waals surface area contributed by atoms with Gasteiger partial charge in [0.25, 0.3) is 10.0 Å². The van der Waals surface area contributed by atoms with Crippen LogP contribution < -0.4 is 9.46 Å². The summed E-state index contributed by atoms with van der Waals surface area (Å²) in [6.07, 6.45) is 1.58. The Bertz CT molecular complexity index is 918. The summed E-state index contributed by atoms with van der Waals surface area (Å²) >= 11 is 0. The van der Waals surface area contributed by atoms with Crippen LogP contribution in [0.2, 0.25) is 0 Å². The number of hydrogen-bond donors (Lipinski definition) is 1. The molecule has 1 aromatic heterocycles. The van der Waals surface area contributed by atoms with E-state index in [2.05, 4.69) is 9.71 Å². The Balaban J connectivity index is 2.05. The second-order valence-corrected chi connectivity index (χ2v) is 6.32. The molecule has 3 rings (SSSR count). The molecule has 0 aliphatic carbocycles. The molecule has 22 heavy (non-hydrogen) atoms. The number of nitrogens with zero attached hydrogens (tertiary/aromatic N) is 1. The van der Waals surface area contributed by atoms with Gasteiger partial charge in [0.2, 0.25) is 0 Å². The van der Waals surface area contributed by atoms with Gasteiger partial charge < -0.3 is 4.74 Å². The number of benzene rings is 2. The number of hydrogen-bond acceptors (Lipinski definition) is 4. The molecule has 0 atom stereocenters. The number of nitrogens with one attached hydrogen (secondary N) is 1. The highest BCUT2D eigenvalue weighted by atomic mass is 32.2. The molecule has 0 aliphatic heterocycles. The van der Waals surface area contributed by atoms with Gasteiger partial charge in [-0.15, -0.1) is 0 Å². The van der Waals surface area contributed by atoms with Gasteiger partial charge in [-0.05, 0) is 24.3 Å². The number of sulfonamides is 1. The summed E-state index contributed by atoms with van der Waals surface area (Å²) in [6.45, 7) is 0. The van der Waals surface area contributed by atoms with Crippen molar-refractivity contribution in [3.05, 3.63) is 60.8 Å². The third kappa shape index (κ3) is 2.73. The van der Waals surface area contributed by atoms with Gasteiger partial charge in [0.1, 0.15) is 10.6 Å². The molecule has 0 aliphatic rings. The van der Waals surface area contributed by atoms with Gasteiger partial charge >= 0.3 is 0 Å². The van der Waals surface area contributed by atoms with Crippen LogP contribution in [0.5, 0.6) is 5.75 Å². The summed E-state index contributed by atoms with van der Waals surface area (Å²) in [5.74, 6) is 0.580. The van der Waals surface area contributed by atoms with E-state index in [-0.39, 0.29) is 4.90 Å². The summed E-state index contributed by atoms with van der Waals surface area (Å²) < 4.78 is 32.9. The van der Waals surface area contributed by atoms with Crippen LogP contribution in [-0.4, -0.2) is 20.5 Å². The zero-order valence-corrected chi connectivity index (χ0v) is 12.7. The number of fused-ring (bicyclic) bond motifs is 1. The minimum atomic E-state index is -3.73. The van der Waals surface area contributed by atoms with E-state index in [1.54, 1.807) is 42.6 Å². The van der Waals surface area contributed by atoms with Gasteiger partial charge in [-0.1, -0.05) is 24.3 Å². The first-order valence-corrected chi connectivity index (χ1v) is 8.09. The Morgan fingerprint density at radius 2 is 1.82 bits per heavy atom. The summed E-state index contributed by atoms with van der Waals surface area (Å²) in [6, 6.07) is 15.4. The third-order valence-corrected chi connectivity index (χ3v) is 4.62. The molecule has 0 spiro atoms. The molecule has 6 heteroatoms. The number of rotatable bonds is 4. The van der Waals surface area contributed by atoms with E-state index in [1.165, 1.54) is 13.2 Å². The van der Waals surface area contributed by atoms with Crippen molar-refractivity contribution in [1.82, 2.24) is 4.98 Å². The highest BCUT2D eigenvalue weighted by Crippen LogP contribution is 2.24. The van der Waals surface area contributed by atoms with Gasteiger partial charge in [-0.25, -0.2) is 8.42 Å². The van der Waals surface area contributed by atoms with Crippen LogP contribution in [0.25, 0.3) is 10.9 Å². The number of pyridine rings is 1. The van der Waals surface area contributed by atoms with Crippen LogP contribution in [0.3, 0.4) is 0 Å². The van der Waals surface area contributed by atoms with E-state index in [4.69, 9.17) is 4.74 Å². The van der Waals surface area contributed by atoms with Crippen LogP contribution in [0, 0.1) is 0 Å². The summed E-state index contributed by atoms with van der Waals surface area (Å²) in [5.41, 5.74) is 0.882. The van der Waals surface area contributed by atoms with Gasteiger partial charge in [-0.2, -0.15) is 0 Å². The molecule has 1 N–H and O–H groups in total. The normalized spacial score (nSPS) is 11.3. The number of para-hydroxylation sites is 1. The second kappa shape index (κ2) is 5.65. The summed E-state index contributed by atoms with van der Waals surface area (Å²) in [4.78, 5) is 4.33. The Morgan fingerprint density at radius 3 is 2.64 bits per heavy atom. The molecular weight excluding hydrogens is 300 g/mol. The molecule has 0 amide bonds. The van der Waals surface area contributed by atoms with Crippen LogP contribution in [0.4, 0.5) is 5.69 Å². The summed E-state index contributed by atoms with van der Waals surface area (Å²) in [7, 11) is -2.20. The lowest BCUT2D eigenvalue weighted by molar-refractivity contribution is 0.415. The molecule has 0 fully saturated rings. The smallest absolute Gasteiger partial charge is 0.264 e. The van der Waals surface area contributed by atoms with Crippen molar-refractivity contribution in [3.8, 4) is 5.75 Å². The van der Waals surface area contributed by atoms with E-state index < -0.39 is 10.0 Å². The van der Waals surface area contributed by atoms with E-state index in [1.807, 2.05) is 12.1 Å². The molecule has 2 aromatic carbocycles. The lowest BCUT2D eigenvalue weighted by Crippen LogP contribution is -2.13. The highest BCUT2D eigenvalue weighted by Gasteiger charge is 2.18. The van der Waals surface area contributed by atoms with E-state index >= 15 is 0 Å². The van der Waals surface area contributed by atoms with Crippen LogP contribution in [0.1, 0.15) is 0 Å². The zero-order chi connectivity index (χ0) is 15.6. The van der Waals surface area contributed by atoms with Gasteiger partial charge in [0.15, 0.2) is 0 Å². The van der Waals surface area contributed by atoms with Crippen LogP contribution >= 0.6 is 0 Å². The Morgan fingerprint density at radius 1 is 1.05 bits per heavy atom. The van der Waals surface area contributed by atoms with Crippen molar-refractivity contribution in [2.24, 2.45) is 0 Å². The summed E-state index contributed by atoms with van der Waals surface area (Å²) in [5, 5.41) is 0.774. The predicted octanol–water partition coefficient (Wildman–Crippen LogP) is 3.04. The van der Waals surface area contributed by atoms with Crippen molar-refractivity contribution in [3.63, 3.8) is 0 Å². The van der Waals surface area contributed by atoms with E-state index in [0.717, 1.165) is 5.39 Å². The molecule has 1 heterocycles. The molecule has 3 aromatic rings. The first kappa shape index (κ1) is 14.3. The van der Waals surface area contributed by atoms with Crippen molar-refractivity contribution in [2.45, 2.75) is 4.90 Å². The topological polar surface area (TPSA) is 68.3 Å². The second-order valence-electron chi connectivity index (χ2n) is 4.67. The van der Waals surface area contributed by atoms with Gasteiger partial charge in [-0.3, -0.25) is 9.71 Å².